The van der Waals surface area contributed by atoms with Crippen molar-refractivity contribution in [1.82, 2.24) is 0 Å². The van der Waals surface area contributed by atoms with Crippen LogP contribution in [0.25, 0.3) is 0 Å². The Labute approximate surface area is 167 Å². The van der Waals surface area contributed by atoms with E-state index in [9.17, 15) is 5.11 Å². The van der Waals surface area contributed by atoms with E-state index in [0.717, 1.165) is 4.44 Å². The normalized spacial score (nSPS) is 30.3. The van der Waals surface area contributed by atoms with Gasteiger partial charge >= 0.3 is 169 Å². The van der Waals surface area contributed by atoms with Gasteiger partial charge < -0.3 is 0 Å². The van der Waals surface area contributed by atoms with Gasteiger partial charge in [0.25, 0.3) is 0 Å². The van der Waals surface area contributed by atoms with Crippen LogP contribution in [0.5, 0.6) is 0 Å². The number of fused-ring (bicyclic) bond motifs is 1. The molecule has 138 valence electrons. The monoisotopic (exact) mass is 574 g/mol. The topological polar surface area (TPSA) is 47.9 Å². The second-order valence-corrected chi connectivity index (χ2v) is 28.8. The molecule has 0 bridgehead atoms. The molecule has 2 fully saturated rings. The van der Waals surface area contributed by atoms with Crippen molar-refractivity contribution >= 4 is 40.2 Å². The van der Waals surface area contributed by atoms with Gasteiger partial charge in [0, 0.05) is 0 Å². The van der Waals surface area contributed by atoms with E-state index in [1.54, 1.807) is 0 Å². The van der Waals surface area contributed by atoms with Gasteiger partial charge in [0.05, 0.1) is 0 Å². The van der Waals surface area contributed by atoms with Crippen molar-refractivity contribution in [3.63, 3.8) is 0 Å². The van der Waals surface area contributed by atoms with Crippen molar-refractivity contribution in [2.75, 3.05) is 0 Å². The Morgan fingerprint density at radius 3 is 2.00 bits per heavy atom. The Balaban J connectivity index is 1.63. The van der Waals surface area contributed by atoms with Gasteiger partial charge in [-0.15, -0.1) is 0 Å². The maximum absolute atomic E-state index is 10.8. The second-order valence-electron chi connectivity index (χ2n) is 7.37. The molecule has 4 rings (SSSR count). The fourth-order valence-corrected chi connectivity index (χ4v) is 20.5. The van der Waals surface area contributed by atoms with Gasteiger partial charge in [-0.05, 0) is 0 Å². The summed E-state index contributed by atoms with van der Waals surface area (Å²) >= 11 is -0.345. The molecular weight excluding hydrogens is 550 g/mol. The van der Waals surface area contributed by atoms with Crippen LogP contribution in [0.15, 0.2) is 60.7 Å². The van der Waals surface area contributed by atoms with Crippen LogP contribution in [0.1, 0.15) is 13.8 Å². The molecule has 4 nitrogen and oxygen atoms in total. The number of rotatable bonds is 4. The summed E-state index contributed by atoms with van der Waals surface area (Å²) in [4.78, 5) is 0. The molecule has 4 atom stereocenters. The van der Waals surface area contributed by atoms with Crippen LogP contribution in [0.4, 0.5) is 0 Å². The molecule has 6 heteroatoms. The van der Waals surface area contributed by atoms with Gasteiger partial charge in [-0.3, -0.25) is 0 Å². The molecule has 0 saturated carbocycles. The first-order chi connectivity index (χ1) is 12.4. The number of ether oxygens (including phenoxy) is 3. The zero-order valence-electron chi connectivity index (χ0n) is 14.8. The molecule has 0 amide bonds. The summed E-state index contributed by atoms with van der Waals surface area (Å²) in [7, 11) is 0. The third-order valence-electron chi connectivity index (χ3n) is 5.06. The van der Waals surface area contributed by atoms with E-state index in [1.165, 1.54) is 7.16 Å². The van der Waals surface area contributed by atoms with Gasteiger partial charge in [-0.2, -0.15) is 0 Å². The molecule has 2 saturated heterocycles. The third-order valence-corrected chi connectivity index (χ3v) is 26.3. The molecule has 0 unspecified atom stereocenters. The molecule has 0 aliphatic carbocycles. The molecule has 0 spiro atoms. The first kappa shape index (κ1) is 19.1. The first-order valence-corrected chi connectivity index (χ1v) is 22.1. The van der Waals surface area contributed by atoms with E-state index < -0.39 is 38.7 Å². The predicted molar refractivity (Wildman–Crippen MR) is 111 cm³/mol. The van der Waals surface area contributed by atoms with E-state index in [2.05, 4.69) is 67.2 Å². The van der Waals surface area contributed by atoms with Crippen molar-refractivity contribution in [1.29, 1.82) is 0 Å². The number of aliphatic hydroxyl groups excluding tert-OH is 1. The number of aliphatic hydroxyl groups is 1. The van der Waals surface area contributed by atoms with Gasteiger partial charge in [-0.25, -0.2) is 0 Å². The molecule has 2 aromatic rings. The van der Waals surface area contributed by atoms with Gasteiger partial charge in [0.15, 0.2) is 0 Å². The van der Waals surface area contributed by atoms with Crippen molar-refractivity contribution < 1.29 is 19.3 Å². The summed E-state index contributed by atoms with van der Waals surface area (Å²) in [6.45, 7) is 3.71. The quantitative estimate of drug-likeness (QED) is 0.452. The molecule has 2 heterocycles. The van der Waals surface area contributed by atoms with Gasteiger partial charge in [-0.1, -0.05) is 0 Å². The van der Waals surface area contributed by atoms with Crippen LogP contribution >= 0.6 is 18.6 Å². The third kappa shape index (κ3) is 3.58. The van der Waals surface area contributed by atoms with Crippen molar-refractivity contribution in [3.8, 4) is 0 Å². The van der Waals surface area contributed by atoms with Crippen LogP contribution in [-0.4, -0.2) is 49.9 Å². The number of hydrogen-bond acceptors (Lipinski definition) is 4. The van der Waals surface area contributed by atoms with E-state index in [-0.39, 0.29) is 6.10 Å². The van der Waals surface area contributed by atoms with Crippen LogP contribution in [0.2, 0.25) is 4.44 Å². The van der Waals surface area contributed by atoms with Crippen LogP contribution in [0, 0.1) is 0 Å². The molecule has 1 N–H and O–H groups in total. The van der Waals surface area contributed by atoms with Crippen molar-refractivity contribution in [3.05, 3.63) is 60.7 Å². The maximum atomic E-state index is 10.8. The summed E-state index contributed by atoms with van der Waals surface area (Å²) in [5.74, 6) is -0.704. The average Bonchev–Trinajstić information content (AvgIpc) is 3.09. The Bertz CT molecular complexity index is 715. The second kappa shape index (κ2) is 7.33. The average molecular weight is 573 g/mol. The van der Waals surface area contributed by atoms with E-state index in [1.807, 2.05) is 26.0 Å². The Hall–Kier alpha value is -0.191. The summed E-state index contributed by atoms with van der Waals surface area (Å²) in [5, 5.41) is 10.8. The number of halogens is 1. The zero-order chi connectivity index (χ0) is 18.4. The summed E-state index contributed by atoms with van der Waals surface area (Å²) < 4.78 is 21.4. The minimum absolute atomic E-state index is 0.269. The van der Waals surface area contributed by atoms with Crippen molar-refractivity contribution in [2.45, 2.75) is 48.7 Å². The van der Waals surface area contributed by atoms with Crippen LogP contribution in [0.3, 0.4) is 0 Å². The molecule has 2 aliphatic heterocycles. The molecule has 0 radical (unpaired) electrons. The summed E-state index contributed by atoms with van der Waals surface area (Å²) in [5.41, 5.74) is 0. The minimum atomic E-state index is -3.04. The predicted octanol–water partition coefficient (Wildman–Crippen LogP) is 2.42. The fraction of sp³-hybridized carbons (Fsp3) is 0.400. The molecular formula is C20H23IO4Sn. The molecule has 0 aromatic heterocycles. The molecule has 26 heavy (non-hydrogen) atoms. The number of benzene rings is 2. The Morgan fingerprint density at radius 2 is 1.50 bits per heavy atom. The zero-order valence-corrected chi connectivity index (χ0v) is 19.9. The summed E-state index contributed by atoms with van der Waals surface area (Å²) in [6, 6.07) is 21.3. The van der Waals surface area contributed by atoms with Crippen molar-refractivity contribution in [2.24, 2.45) is 0 Å². The standard InChI is InChI=1S/C8H13O4.2C6H5.HI.Sn/c1-4-5(9)6-7(10-4)12-8(2,3)11-6;2*1-2-4-6-5-3-1;;/h4-7,9H,1H2,2-3H3;2*1-5H;1H;/q;;;;+1/p-1/t4-,5+,6-,7-;;;;/m0..../s1. The molecule has 2 aliphatic rings. The van der Waals surface area contributed by atoms with Gasteiger partial charge in [0.2, 0.25) is 0 Å². The van der Waals surface area contributed by atoms with E-state index in [0.29, 0.717) is 0 Å². The molecule has 2 aromatic carbocycles. The Morgan fingerprint density at radius 1 is 0.962 bits per heavy atom. The number of hydrogen-bond donors (Lipinski definition) is 1. The van der Waals surface area contributed by atoms with Gasteiger partial charge in [0.1, 0.15) is 0 Å². The Kier molecular flexibility index (Phi) is 5.39. The van der Waals surface area contributed by atoms with Crippen LogP contribution < -0.4 is 7.16 Å². The van der Waals surface area contributed by atoms with Crippen LogP contribution in [-0.2, 0) is 14.2 Å². The van der Waals surface area contributed by atoms with E-state index >= 15 is 0 Å². The van der Waals surface area contributed by atoms with E-state index in [4.69, 9.17) is 14.2 Å². The SMILES string of the molecule is CC1(C)O[C@@H]2O[C@@H]([CH2][Sn]([I])([c]3ccccc3)[c]3ccccc3)[C@@H](O)[C@@H]2O1. The summed E-state index contributed by atoms with van der Waals surface area (Å²) in [6.07, 6.45) is -1.83. The fourth-order valence-electron chi connectivity index (χ4n) is 3.81. The first-order valence-electron chi connectivity index (χ1n) is 8.88.